The van der Waals surface area contributed by atoms with Crippen molar-refractivity contribution in [1.29, 1.82) is 0 Å². The fourth-order valence-corrected chi connectivity index (χ4v) is 12.0. The van der Waals surface area contributed by atoms with Crippen LogP contribution in [0.2, 0.25) is 0 Å². The summed E-state index contributed by atoms with van der Waals surface area (Å²) < 4.78 is 58.8. The largest absolute Gasteiger partial charge is 0.510 e. The molecular weight excluding hydrogens is 1200 g/mol. The summed E-state index contributed by atoms with van der Waals surface area (Å²) in [7, 11) is 0. The zero-order chi connectivity index (χ0) is 61.3. The molecule has 84 heavy (non-hydrogen) atoms. The molecule has 1 aliphatic rings. The van der Waals surface area contributed by atoms with Crippen molar-refractivity contribution in [3.05, 3.63) is 260 Å². The second kappa shape index (κ2) is 20.8. The second-order valence-electron chi connectivity index (χ2n) is 24.9. The summed E-state index contributed by atoms with van der Waals surface area (Å²) in [5.41, 5.74) is 18.1. The van der Waals surface area contributed by atoms with E-state index in [2.05, 4.69) is 240 Å². The van der Waals surface area contributed by atoms with Crippen LogP contribution in [0, 0.1) is 18.5 Å². The van der Waals surface area contributed by atoms with Crippen LogP contribution in [-0.4, -0.2) is 14.1 Å². The Labute approximate surface area is 514 Å². The fraction of sp³-hybridized carbons (Fsp3) is 0.154. The van der Waals surface area contributed by atoms with E-state index in [4.69, 9.17) is 13.8 Å². The summed E-state index contributed by atoms with van der Waals surface area (Å²) in [4.78, 5) is 4.91. The Hall–Kier alpha value is -8.89. The Bertz CT molecular complexity index is 4970. The molecule has 1 aliphatic heterocycles. The number of para-hydroxylation sites is 2. The average molecular weight is 1270 g/mol. The average Bonchev–Trinajstić information content (AvgIpc) is 1.66. The number of imidazole rings is 1. The van der Waals surface area contributed by atoms with E-state index in [1.807, 2.05) is 48.7 Å². The first kappa shape index (κ1) is 48.6. The number of ether oxygens (including phenoxy) is 1. The Balaban J connectivity index is 0.00000729. The van der Waals surface area contributed by atoms with Gasteiger partial charge in [-0.25, -0.2) is 4.98 Å². The Morgan fingerprint density at radius 3 is 1.79 bits per heavy atom. The maximum absolute atomic E-state index is 9.47. The fourth-order valence-electron chi connectivity index (χ4n) is 12.0. The van der Waals surface area contributed by atoms with E-state index < -0.39 is 18.1 Å². The molecule has 10 aromatic carbocycles. The second-order valence-corrected chi connectivity index (χ2v) is 24.9. The maximum atomic E-state index is 9.47. The zero-order valence-corrected chi connectivity index (χ0v) is 50.8. The number of rotatable bonds is 7. The predicted molar refractivity (Wildman–Crippen MR) is 342 cm³/mol. The third-order valence-corrected chi connectivity index (χ3v) is 16.4. The molecular formula is C78H64N4OPt-2. The Kier molecular flexibility index (Phi) is 12.0. The minimum Gasteiger partial charge on any atom is -0.510 e. The maximum Gasteiger partial charge on any atom is 0.268 e. The van der Waals surface area contributed by atoms with Gasteiger partial charge in [0, 0.05) is 44.3 Å². The van der Waals surface area contributed by atoms with Gasteiger partial charge < -0.3 is 13.9 Å². The van der Waals surface area contributed by atoms with Crippen LogP contribution in [0.25, 0.3) is 117 Å². The van der Waals surface area contributed by atoms with Gasteiger partial charge in [0.15, 0.2) is 0 Å². The van der Waals surface area contributed by atoms with Gasteiger partial charge in [0.2, 0.25) is 0 Å². The third kappa shape index (κ3) is 9.49. The van der Waals surface area contributed by atoms with Crippen molar-refractivity contribution < 1.29 is 37.2 Å². The molecule has 0 aliphatic carbocycles. The monoisotopic (exact) mass is 1270 g/mol. The summed E-state index contributed by atoms with van der Waals surface area (Å²) >= 11 is 0. The molecule has 0 N–H and O–H groups in total. The molecule has 0 atom stereocenters. The van der Waals surface area contributed by atoms with Gasteiger partial charge in [-0.3, -0.25) is 4.57 Å². The van der Waals surface area contributed by atoms with E-state index in [1.54, 1.807) is 0 Å². The predicted octanol–water partition coefficient (Wildman–Crippen LogP) is 19.8. The van der Waals surface area contributed by atoms with Gasteiger partial charge in [0.05, 0.1) is 23.6 Å². The molecule has 0 saturated heterocycles. The van der Waals surface area contributed by atoms with E-state index in [0.29, 0.717) is 22.7 Å². The van der Waals surface area contributed by atoms with Gasteiger partial charge in [0.25, 0.3) is 6.33 Å². The molecule has 0 fully saturated rings. The van der Waals surface area contributed by atoms with Gasteiger partial charge in [-0.05, 0) is 135 Å². The van der Waals surface area contributed by atoms with Crippen LogP contribution in [0.4, 0.5) is 0 Å². The van der Waals surface area contributed by atoms with Crippen LogP contribution in [0.1, 0.15) is 85.9 Å². The van der Waals surface area contributed by atoms with Gasteiger partial charge >= 0.3 is 0 Å². The summed E-state index contributed by atoms with van der Waals surface area (Å²) in [6.07, 6.45) is 5.84. The standard InChI is InChI=1S/C78H64N4O.Pt/c1-76(2,3)54-36-32-50(33-37-54)53-44-68-63-25-14-13-24-62(63)66-29-18-27-60(51-20-11-10-12-21-51)73(66)67-30-19-28-61(52-34-38-55(39-35-52)77(4,5)6)74(67)81-49-80(71(45-53)75(68)81)57-22-17-23-58(47-57)83-59-40-41-65-64-26-15-16-31-69(64)82(70(65)48-59)72-46-56(42-43-79-72)78(7,8)9;/h10-46H,1-9H3;/q-2;/i10D,11D,12D,20D,21D;. The van der Waals surface area contributed by atoms with E-state index in [-0.39, 0.29) is 55.0 Å². The van der Waals surface area contributed by atoms with Gasteiger partial charge in [0.1, 0.15) is 5.82 Å². The molecule has 414 valence electrons. The van der Waals surface area contributed by atoms with E-state index in [0.717, 1.165) is 100.0 Å². The molecule has 0 saturated carbocycles. The third-order valence-electron chi connectivity index (χ3n) is 16.4. The van der Waals surface area contributed by atoms with Crippen molar-refractivity contribution in [3.63, 3.8) is 0 Å². The minimum atomic E-state index is -0.445. The first-order valence-corrected chi connectivity index (χ1v) is 28.4. The number of pyridine rings is 1. The summed E-state index contributed by atoms with van der Waals surface area (Å²) in [5, 5.41) is 2.12. The normalized spacial score (nSPS) is 13.1. The molecule has 14 rings (SSSR count). The van der Waals surface area contributed by atoms with E-state index in [9.17, 15) is 2.74 Å². The van der Waals surface area contributed by atoms with Crippen LogP contribution in [0.15, 0.2) is 224 Å². The first-order chi connectivity index (χ1) is 42.1. The number of nitrogens with zero attached hydrogens (tertiary/aromatic N) is 4. The number of hydrogen-bond acceptors (Lipinski definition) is 2. The van der Waals surface area contributed by atoms with Crippen LogP contribution in [0.3, 0.4) is 0 Å². The molecule has 0 amide bonds. The van der Waals surface area contributed by atoms with Gasteiger partial charge in [-0.15, -0.1) is 29.7 Å². The number of aromatic nitrogens is 4. The van der Waals surface area contributed by atoms with Crippen LogP contribution < -0.4 is 9.30 Å². The van der Waals surface area contributed by atoms with Crippen molar-refractivity contribution in [1.82, 2.24) is 14.1 Å². The zero-order valence-electron chi connectivity index (χ0n) is 53.5. The molecule has 0 spiro atoms. The molecule has 5 nitrogen and oxygen atoms in total. The van der Waals surface area contributed by atoms with E-state index >= 15 is 0 Å². The quantitative estimate of drug-likeness (QED) is 0.118. The topological polar surface area (TPSA) is 35.9 Å². The van der Waals surface area contributed by atoms with Crippen molar-refractivity contribution in [2.75, 3.05) is 0 Å². The number of benzene rings is 10. The van der Waals surface area contributed by atoms with Gasteiger partial charge in [-0.1, -0.05) is 232 Å². The minimum absolute atomic E-state index is 0. The summed E-state index contributed by atoms with van der Waals surface area (Å²) in [5.74, 6) is 1.79. The molecule has 13 aromatic rings. The summed E-state index contributed by atoms with van der Waals surface area (Å²) in [6, 6.07) is 70.9. The van der Waals surface area contributed by atoms with Crippen LogP contribution >= 0.6 is 0 Å². The number of fused-ring (bicyclic) bond motifs is 10. The van der Waals surface area contributed by atoms with Crippen molar-refractivity contribution >= 4 is 32.8 Å². The first-order valence-electron chi connectivity index (χ1n) is 30.9. The van der Waals surface area contributed by atoms with Crippen LogP contribution in [0.5, 0.6) is 11.5 Å². The Morgan fingerprint density at radius 2 is 1.07 bits per heavy atom. The van der Waals surface area contributed by atoms with E-state index in [1.165, 1.54) is 16.7 Å². The molecule has 3 aromatic heterocycles. The molecule has 4 heterocycles. The SMILES string of the molecule is [2H]c1c([2H])c([2H])c(-c2cccc3c2-c2cccc(-c4ccc(C(C)(C)C)cc4)c2-[n+]2[c-]n(-c4[c-]c(Oc5[c-]c6c(cc5)c5ccccc5n6-c5cc(C(C)(C)C)ccn5)ccc4)c4cc(-c5ccc(C(C)(C)C)cc5)cc(c42)-c2ccccc2-3)c([2H])c1[2H].[Pt]. The number of hydrogen-bond donors (Lipinski definition) is 0. The molecule has 6 heteroatoms. The van der Waals surface area contributed by atoms with Crippen molar-refractivity contribution in [3.8, 4) is 95.5 Å². The molecule has 0 unspecified atom stereocenters. The van der Waals surface area contributed by atoms with Crippen molar-refractivity contribution in [2.24, 2.45) is 0 Å². The van der Waals surface area contributed by atoms with Crippen LogP contribution in [-0.2, 0) is 37.3 Å². The van der Waals surface area contributed by atoms with Gasteiger partial charge in [-0.2, -0.15) is 18.2 Å². The summed E-state index contributed by atoms with van der Waals surface area (Å²) in [6.45, 7) is 20.0. The van der Waals surface area contributed by atoms with Crippen molar-refractivity contribution in [2.45, 2.75) is 78.6 Å². The smallest absolute Gasteiger partial charge is 0.268 e. The Morgan fingerprint density at radius 1 is 0.464 bits per heavy atom. The molecule has 0 bridgehead atoms. The molecule has 0 radical (unpaired) electrons.